The number of carbonyl (C=O) groups is 2. The van der Waals surface area contributed by atoms with Crippen molar-refractivity contribution >= 4 is 43.5 Å². The lowest BCUT2D eigenvalue weighted by Crippen LogP contribution is -2.52. The molecule has 0 bridgehead atoms. The van der Waals surface area contributed by atoms with Gasteiger partial charge in [0.2, 0.25) is 21.8 Å². The number of amides is 2. The molecular formula is C27H30BrN3O4S. The van der Waals surface area contributed by atoms with Crippen molar-refractivity contribution in [3.05, 3.63) is 100 Å². The minimum absolute atomic E-state index is 0.141. The number of sulfonamides is 1. The maximum absolute atomic E-state index is 13.8. The largest absolute Gasteiger partial charge is 0.357 e. The van der Waals surface area contributed by atoms with Crippen LogP contribution in [0.15, 0.2) is 83.3 Å². The van der Waals surface area contributed by atoms with Gasteiger partial charge in [0.1, 0.15) is 12.6 Å². The fraction of sp³-hybridized carbons (Fsp3) is 0.259. The summed E-state index contributed by atoms with van der Waals surface area (Å²) in [5.41, 5.74) is 2.97. The molecule has 0 saturated heterocycles. The Morgan fingerprint density at radius 3 is 2.19 bits per heavy atom. The molecule has 190 valence electrons. The topological polar surface area (TPSA) is 86.8 Å². The van der Waals surface area contributed by atoms with Crippen LogP contribution in [-0.2, 0) is 32.6 Å². The number of nitrogens with zero attached hydrogens (tertiary/aromatic N) is 2. The van der Waals surface area contributed by atoms with Gasteiger partial charge in [0.25, 0.3) is 0 Å². The third kappa shape index (κ3) is 7.41. The van der Waals surface area contributed by atoms with E-state index >= 15 is 0 Å². The molecule has 1 N–H and O–H groups in total. The number of hydrogen-bond donors (Lipinski definition) is 1. The predicted octanol–water partition coefficient (Wildman–Crippen LogP) is 3.91. The molecule has 3 aromatic carbocycles. The molecule has 0 aliphatic carbocycles. The first-order valence-electron chi connectivity index (χ1n) is 11.4. The summed E-state index contributed by atoms with van der Waals surface area (Å²) in [7, 11) is -2.25. The van der Waals surface area contributed by atoms with Crippen molar-refractivity contribution in [3.63, 3.8) is 0 Å². The first kappa shape index (κ1) is 27.4. The van der Waals surface area contributed by atoms with E-state index in [4.69, 9.17) is 0 Å². The molecule has 1 atom stereocenters. The Morgan fingerprint density at radius 1 is 0.944 bits per heavy atom. The Kier molecular flexibility index (Phi) is 9.28. The molecule has 3 rings (SSSR count). The Morgan fingerprint density at radius 2 is 1.61 bits per heavy atom. The second-order valence-corrected chi connectivity index (χ2v) is 11.4. The van der Waals surface area contributed by atoms with Gasteiger partial charge in [-0.2, -0.15) is 0 Å². The molecule has 0 heterocycles. The molecule has 3 aromatic rings. The average molecular weight is 573 g/mol. The summed E-state index contributed by atoms with van der Waals surface area (Å²) in [5.74, 6) is -0.805. The number of anilines is 1. The minimum atomic E-state index is -3.77. The molecule has 0 aromatic heterocycles. The second-order valence-electron chi connectivity index (χ2n) is 8.58. The third-order valence-electron chi connectivity index (χ3n) is 5.75. The van der Waals surface area contributed by atoms with Gasteiger partial charge in [0.15, 0.2) is 0 Å². The molecule has 7 nitrogen and oxygen atoms in total. The number of likely N-dealkylation sites (N-methyl/N-ethyl adjacent to an activating group) is 1. The highest BCUT2D eigenvalue weighted by atomic mass is 79.9. The van der Waals surface area contributed by atoms with Crippen LogP contribution in [0, 0.1) is 6.92 Å². The maximum Gasteiger partial charge on any atom is 0.244 e. The van der Waals surface area contributed by atoms with E-state index in [9.17, 15) is 18.0 Å². The smallest absolute Gasteiger partial charge is 0.244 e. The standard InChI is InChI=1S/C27H30BrN3O4S/c1-20-8-7-11-24(16-20)31(36(3,34)35)19-26(32)30(18-22-12-14-23(28)15-13-22)25(27(33)29-2)17-21-9-5-4-6-10-21/h4-16,25H,17-19H2,1-3H3,(H,29,33)/t25-/m0/s1. The molecule has 36 heavy (non-hydrogen) atoms. The first-order chi connectivity index (χ1) is 17.1. The normalized spacial score (nSPS) is 12.0. The lowest BCUT2D eigenvalue weighted by atomic mass is 10.0. The summed E-state index contributed by atoms with van der Waals surface area (Å²) < 4.78 is 27.4. The van der Waals surface area contributed by atoms with E-state index < -0.39 is 28.5 Å². The molecule has 9 heteroatoms. The summed E-state index contributed by atoms with van der Waals surface area (Å²) in [4.78, 5) is 28.3. The van der Waals surface area contributed by atoms with E-state index in [1.54, 1.807) is 18.2 Å². The quantitative estimate of drug-likeness (QED) is 0.399. The van der Waals surface area contributed by atoms with Crippen LogP contribution in [0.5, 0.6) is 0 Å². The van der Waals surface area contributed by atoms with Crippen LogP contribution >= 0.6 is 15.9 Å². The van der Waals surface area contributed by atoms with Crippen LogP contribution in [0.4, 0.5) is 5.69 Å². The van der Waals surface area contributed by atoms with Gasteiger partial charge < -0.3 is 10.2 Å². The van der Waals surface area contributed by atoms with Crippen molar-refractivity contribution in [1.82, 2.24) is 10.2 Å². The Bertz CT molecular complexity index is 1300. The van der Waals surface area contributed by atoms with Crippen LogP contribution in [0.25, 0.3) is 0 Å². The van der Waals surface area contributed by atoms with Gasteiger partial charge in [-0.15, -0.1) is 0 Å². The van der Waals surface area contributed by atoms with Crippen LogP contribution in [0.1, 0.15) is 16.7 Å². The van der Waals surface area contributed by atoms with Gasteiger partial charge in [0, 0.05) is 24.5 Å². The van der Waals surface area contributed by atoms with Crippen LogP contribution in [-0.4, -0.2) is 51.0 Å². The van der Waals surface area contributed by atoms with Crippen molar-refractivity contribution in [2.45, 2.75) is 25.9 Å². The molecule has 0 radical (unpaired) electrons. The van der Waals surface area contributed by atoms with Gasteiger partial charge in [-0.1, -0.05) is 70.5 Å². The number of carbonyl (C=O) groups excluding carboxylic acids is 2. The van der Waals surface area contributed by atoms with E-state index in [1.807, 2.05) is 67.6 Å². The molecule has 2 amide bonds. The van der Waals surface area contributed by atoms with Crippen LogP contribution in [0.2, 0.25) is 0 Å². The van der Waals surface area contributed by atoms with Crippen molar-refractivity contribution in [2.75, 3.05) is 24.2 Å². The number of aryl methyl sites for hydroxylation is 1. The Balaban J connectivity index is 2.01. The zero-order valence-corrected chi connectivity index (χ0v) is 22.9. The maximum atomic E-state index is 13.8. The molecule has 0 unspecified atom stereocenters. The van der Waals surface area contributed by atoms with E-state index in [2.05, 4.69) is 21.2 Å². The molecule has 0 spiro atoms. The van der Waals surface area contributed by atoms with Crippen molar-refractivity contribution < 1.29 is 18.0 Å². The SMILES string of the molecule is CNC(=O)[C@H](Cc1ccccc1)N(Cc1ccc(Br)cc1)C(=O)CN(c1cccc(C)c1)S(C)(=O)=O. The number of benzene rings is 3. The fourth-order valence-electron chi connectivity index (χ4n) is 3.90. The van der Waals surface area contributed by atoms with E-state index in [0.717, 1.165) is 31.7 Å². The number of halogens is 1. The first-order valence-corrected chi connectivity index (χ1v) is 14.1. The second kappa shape index (κ2) is 12.2. The Hall–Kier alpha value is -3.17. The summed E-state index contributed by atoms with van der Waals surface area (Å²) in [6, 6.07) is 23.0. The molecule has 0 fully saturated rings. The molecule has 0 aliphatic heterocycles. The summed E-state index contributed by atoms with van der Waals surface area (Å²) in [6.45, 7) is 1.57. The lowest BCUT2D eigenvalue weighted by Gasteiger charge is -2.33. The highest BCUT2D eigenvalue weighted by Gasteiger charge is 2.32. The highest BCUT2D eigenvalue weighted by Crippen LogP contribution is 2.21. The van der Waals surface area contributed by atoms with Gasteiger partial charge in [0.05, 0.1) is 11.9 Å². The lowest BCUT2D eigenvalue weighted by molar-refractivity contribution is -0.139. The zero-order valence-electron chi connectivity index (χ0n) is 20.5. The van der Waals surface area contributed by atoms with Crippen molar-refractivity contribution in [2.24, 2.45) is 0 Å². The summed E-state index contributed by atoms with van der Waals surface area (Å²) >= 11 is 3.42. The number of rotatable bonds is 10. The van der Waals surface area contributed by atoms with Crippen molar-refractivity contribution in [3.8, 4) is 0 Å². The van der Waals surface area contributed by atoms with E-state index in [0.29, 0.717) is 5.69 Å². The van der Waals surface area contributed by atoms with Gasteiger partial charge in [-0.3, -0.25) is 13.9 Å². The zero-order chi connectivity index (χ0) is 26.3. The van der Waals surface area contributed by atoms with Crippen LogP contribution < -0.4 is 9.62 Å². The van der Waals surface area contributed by atoms with Gasteiger partial charge >= 0.3 is 0 Å². The summed E-state index contributed by atoms with van der Waals surface area (Å²) in [5, 5.41) is 2.67. The fourth-order valence-corrected chi connectivity index (χ4v) is 5.01. The van der Waals surface area contributed by atoms with Crippen LogP contribution in [0.3, 0.4) is 0 Å². The molecule has 0 aliphatic rings. The van der Waals surface area contributed by atoms with E-state index in [-0.39, 0.29) is 18.9 Å². The number of hydrogen-bond acceptors (Lipinski definition) is 4. The third-order valence-corrected chi connectivity index (χ3v) is 7.42. The Labute approximate surface area is 221 Å². The highest BCUT2D eigenvalue weighted by molar-refractivity contribution is 9.10. The minimum Gasteiger partial charge on any atom is -0.357 e. The van der Waals surface area contributed by atoms with E-state index in [1.165, 1.54) is 11.9 Å². The predicted molar refractivity (Wildman–Crippen MR) is 146 cm³/mol. The molecule has 0 saturated carbocycles. The number of nitrogens with one attached hydrogen (secondary N) is 1. The van der Waals surface area contributed by atoms with Crippen molar-refractivity contribution in [1.29, 1.82) is 0 Å². The molecular weight excluding hydrogens is 542 g/mol. The van der Waals surface area contributed by atoms with Gasteiger partial charge in [-0.05, 0) is 47.9 Å². The average Bonchev–Trinajstić information content (AvgIpc) is 2.85. The monoisotopic (exact) mass is 571 g/mol. The summed E-state index contributed by atoms with van der Waals surface area (Å²) in [6.07, 6.45) is 1.36. The van der Waals surface area contributed by atoms with Gasteiger partial charge in [-0.25, -0.2) is 8.42 Å².